The number of nitrogens with zero attached hydrogens (tertiary/aromatic N) is 1. The zero-order chi connectivity index (χ0) is 25.6. The first kappa shape index (κ1) is 28.6. The number of ketones is 1. The van der Waals surface area contributed by atoms with Crippen molar-refractivity contribution in [3.8, 4) is 0 Å². The summed E-state index contributed by atoms with van der Waals surface area (Å²) in [6, 6.07) is 0. The molecule has 0 aromatic carbocycles. The Balaban J connectivity index is 2.27. The molecule has 0 aliphatic carbocycles. The molecule has 1 saturated heterocycles. The van der Waals surface area contributed by atoms with Gasteiger partial charge in [-0.1, -0.05) is 34.1 Å². The monoisotopic (exact) mass is 495 g/mol. The zero-order valence-electron chi connectivity index (χ0n) is 21.5. The van der Waals surface area contributed by atoms with Gasteiger partial charge in [0.05, 0.1) is 47.5 Å². The molecule has 0 amide bonds. The number of aliphatic hydroxyl groups excluding tert-OH is 2. The molecule has 0 bridgehead atoms. The van der Waals surface area contributed by atoms with Crippen LogP contribution < -0.4 is 0 Å². The van der Waals surface area contributed by atoms with Gasteiger partial charge in [0.25, 0.3) is 0 Å². The summed E-state index contributed by atoms with van der Waals surface area (Å²) >= 11 is 1.54. The zero-order valence-corrected chi connectivity index (χ0v) is 22.4. The number of aliphatic hydroxyl groups is 2. The van der Waals surface area contributed by atoms with Gasteiger partial charge < -0.3 is 19.7 Å². The highest BCUT2D eigenvalue weighted by molar-refractivity contribution is 7.09. The van der Waals surface area contributed by atoms with Gasteiger partial charge in [0.1, 0.15) is 11.9 Å². The minimum absolute atomic E-state index is 0.0589. The van der Waals surface area contributed by atoms with Gasteiger partial charge in [-0.15, -0.1) is 11.3 Å². The van der Waals surface area contributed by atoms with Crippen molar-refractivity contribution in [2.45, 2.75) is 98.6 Å². The molecule has 1 aromatic rings. The Morgan fingerprint density at radius 2 is 1.88 bits per heavy atom. The molecule has 2 rings (SSSR count). The number of Topliss-reactive ketones (excluding diaryl/α,β-unsaturated/α-hetero) is 1. The lowest BCUT2D eigenvalue weighted by molar-refractivity contribution is -0.157. The largest absolute Gasteiger partial charge is 0.455 e. The van der Waals surface area contributed by atoms with E-state index in [1.165, 1.54) is 0 Å². The van der Waals surface area contributed by atoms with Crippen molar-refractivity contribution in [1.82, 2.24) is 4.98 Å². The molecular weight excluding hydrogens is 454 g/mol. The van der Waals surface area contributed by atoms with Gasteiger partial charge in [0.15, 0.2) is 0 Å². The number of carbonyl (C=O) groups excluding carboxylic acids is 2. The number of ether oxygens (including phenoxy) is 2. The summed E-state index contributed by atoms with van der Waals surface area (Å²) in [4.78, 5) is 30.4. The maximum Gasteiger partial charge on any atom is 0.309 e. The van der Waals surface area contributed by atoms with E-state index in [4.69, 9.17) is 9.47 Å². The summed E-state index contributed by atoms with van der Waals surface area (Å²) < 4.78 is 11.7. The normalized spacial score (nSPS) is 32.9. The van der Waals surface area contributed by atoms with E-state index in [1.54, 1.807) is 32.1 Å². The van der Waals surface area contributed by atoms with Gasteiger partial charge in [0, 0.05) is 11.3 Å². The number of esters is 1. The molecule has 192 valence electrons. The lowest BCUT2D eigenvalue weighted by Gasteiger charge is -2.34. The molecule has 7 nitrogen and oxygen atoms in total. The number of carbonyl (C=O) groups is 2. The van der Waals surface area contributed by atoms with Gasteiger partial charge >= 0.3 is 5.97 Å². The van der Waals surface area contributed by atoms with Crippen LogP contribution in [0.4, 0.5) is 0 Å². The van der Waals surface area contributed by atoms with E-state index in [0.29, 0.717) is 0 Å². The van der Waals surface area contributed by atoms with Gasteiger partial charge in [-0.05, 0) is 51.2 Å². The SMILES string of the molecule is C/C(=C\c1csc(C)n1)C1CO[C@H](C)CCC[C@H](C)[C@H](O)[C@@H](C)C(=O)C(C)(C)[C@@H](O)CC(=O)O1. The van der Waals surface area contributed by atoms with Crippen LogP contribution in [0.5, 0.6) is 0 Å². The Hall–Kier alpha value is -1.61. The molecule has 2 N–H and O–H groups in total. The predicted molar refractivity (Wildman–Crippen MR) is 133 cm³/mol. The van der Waals surface area contributed by atoms with E-state index in [0.717, 1.165) is 35.5 Å². The quantitative estimate of drug-likeness (QED) is 0.588. The van der Waals surface area contributed by atoms with E-state index in [-0.39, 0.29) is 30.8 Å². The highest BCUT2D eigenvalue weighted by Gasteiger charge is 2.42. The Labute approximate surface area is 207 Å². The first-order valence-corrected chi connectivity index (χ1v) is 13.0. The number of thiazole rings is 1. The van der Waals surface area contributed by atoms with Crippen LogP contribution in [-0.4, -0.2) is 58.0 Å². The fourth-order valence-corrected chi connectivity index (χ4v) is 4.85. The summed E-state index contributed by atoms with van der Waals surface area (Å²) in [6.45, 7) is 12.8. The molecule has 0 spiro atoms. The summed E-state index contributed by atoms with van der Waals surface area (Å²) in [6.07, 6.45) is 1.19. The lowest BCUT2D eigenvalue weighted by atomic mass is 9.73. The molecule has 8 heteroatoms. The molecular formula is C26H41NO6S. The van der Waals surface area contributed by atoms with Crippen LogP contribution in [0.3, 0.4) is 0 Å². The second kappa shape index (κ2) is 12.4. The lowest BCUT2D eigenvalue weighted by Crippen LogP contribution is -2.45. The summed E-state index contributed by atoms with van der Waals surface area (Å²) in [5, 5.41) is 24.4. The minimum Gasteiger partial charge on any atom is -0.455 e. The fraction of sp³-hybridized carbons (Fsp3) is 0.731. The molecule has 1 aliphatic rings. The highest BCUT2D eigenvalue weighted by atomic mass is 32.1. The van der Waals surface area contributed by atoms with Crippen molar-refractivity contribution >= 4 is 29.2 Å². The Kier molecular flexibility index (Phi) is 10.4. The van der Waals surface area contributed by atoms with Crippen LogP contribution in [0.25, 0.3) is 6.08 Å². The maximum atomic E-state index is 13.2. The third-order valence-corrected chi connectivity index (χ3v) is 7.72. The molecule has 0 radical (unpaired) electrons. The Morgan fingerprint density at radius 1 is 1.21 bits per heavy atom. The number of hydrogen-bond donors (Lipinski definition) is 2. The van der Waals surface area contributed by atoms with Crippen LogP contribution in [0, 0.1) is 24.2 Å². The number of hydrogen-bond acceptors (Lipinski definition) is 8. The second-order valence-electron chi connectivity index (χ2n) is 10.3. The van der Waals surface area contributed by atoms with Crippen LogP contribution >= 0.6 is 11.3 Å². The number of aromatic nitrogens is 1. The van der Waals surface area contributed by atoms with Gasteiger partial charge in [-0.25, -0.2) is 4.98 Å². The molecule has 34 heavy (non-hydrogen) atoms. The van der Waals surface area contributed by atoms with Crippen molar-refractivity contribution in [2.24, 2.45) is 17.3 Å². The Morgan fingerprint density at radius 3 is 2.50 bits per heavy atom. The van der Waals surface area contributed by atoms with Crippen molar-refractivity contribution in [3.63, 3.8) is 0 Å². The van der Waals surface area contributed by atoms with Crippen molar-refractivity contribution in [1.29, 1.82) is 0 Å². The van der Waals surface area contributed by atoms with Crippen LogP contribution in [0.1, 0.15) is 77.9 Å². The molecule has 1 unspecified atom stereocenters. The third-order valence-electron chi connectivity index (χ3n) is 6.93. The topological polar surface area (TPSA) is 106 Å². The smallest absolute Gasteiger partial charge is 0.309 e. The van der Waals surface area contributed by atoms with E-state index in [2.05, 4.69) is 4.98 Å². The van der Waals surface area contributed by atoms with Gasteiger partial charge in [-0.3, -0.25) is 9.59 Å². The highest BCUT2D eigenvalue weighted by Crippen LogP contribution is 2.32. The average Bonchev–Trinajstić information content (AvgIpc) is 3.18. The van der Waals surface area contributed by atoms with Crippen molar-refractivity contribution in [3.05, 3.63) is 21.7 Å². The number of aryl methyl sites for hydroxylation is 1. The standard InChI is InChI=1S/C26H41NO6S/c1-15-9-8-10-17(3)32-13-21(16(2)11-20-14-34-19(5)27-20)33-23(29)12-22(28)26(6,7)25(31)18(4)24(15)30/h11,14-15,17-18,21-22,24,28,30H,8-10,12-13H2,1-7H3/b16-11+/t15-,17+,18+,21?,22-,24-/m0/s1. The van der Waals surface area contributed by atoms with Crippen molar-refractivity contribution < 1.29 is 29.3 Å². The molecule has 0 saturated carbocycles. The molecule has 1 aromatic heterocycles. The van der Waals surface area contributed by atoms with Crippen LogP contribution in [0.2, 0.25) is 0 Å². The van der Waals surface area contributed by atoms with Gasteiger partial charge in [-0.2, -0.15) is 0 Å². The van der Waals surface area contributed by atoms with Crippen LogP contribution in [0.15, 0.2) is 11.0 Å². The number of rotatable bonds is 2. The average molecular weight is 496 g/mol. The van der Waals surface area contributed by atoms with E-state index in [1.807, 2.05) is 39.2 Å². The van der Waals surface area contributed by atoms with E-state index >= 15 is 0 Å². The maximum absolute atomic E-state index is 13.2. The van der Waals surface area contributed by atoms with Crippen LogP contribution in [-0.2, 0) is 19.1 Å². The fourth-order valence-electron chi connectivity index (χ4n) is 4.28. The van der Waals surface area contributed by atoms with Crippen molar-refractivity contribution in [2.75, 3.05) is 6.61 Å². The first-order chi connectivity index (χ1) is 15.8. The van der Waals surface area contributed by atoms with E-state index < -0.39 is 35.6 Å². The second-order valence-corrected chi connectivity index (χ2v) is 11.4. The first-order valence-electron chi connectivity index (χ1n) is 12.1. The summed E-state index contributed by atoms with van der Waals surface area (Å²) in [7, 11) is 0. The predicted octanol–water partition coefficient (Wildman–Crippen LogP) is 4.34. The summed E-state index contributed by atoms with van der Waals surface area (Å²) in [5.41, 5.74) is 0.381. The molecule has 1 aliphatic heterocycles. The van der Waals surface area contributed by atoms with Gasteiger partial charge in [0.2, 0.25) is 0 Å². The Bertz CT molecular complexity index is 863. The molecule has 2 heterocycles. The van der Waals surface area contributed by atoms with E-state index in [9.17, 15) is 19.8 Å². The summed E-state index contributed by atoms with van der Waals surface area (Å²) in [5.74, 6) is -1.60. The number of cyclic esters (lactones) is 1. The molecule has 1 fully saturated rings. The minimum atomic E-state index is -1.24. The molecule has 6 atom stereocenters. The third kappa shape index (κ3) is 7.70.